The summed E-state index contributed by atoms with van der Waals surface area (Å²) in [7, 11) is -2.57. The third-order valence-corrected chi connectivity index (χ3v) is 4.30. The summed E-state index contributed by atoms with van der Waals surface area (Å²) in [6.45, 7) is 1.80. The average Bonchev–Trinajstić information content (AvgIpc) is 2.84. The molecule has 9 heteroatoms. The minimum absolute atomic E-state index is 0.0600. The molecule has 21 heavy (non-hydrogen) atoms. The lowest BCUT2D eigenvalue weighted by Crippen LogP contribution is -2.15. The van der Waals surface area contributed by atoms with E-state index < -0.39 is 10.0 Å². The van der Waals surface area contributed by atoms with Crippen molar-refractivity contribution in [1.29, 1.82) is 0 Å². The first-order chi connectivity index (χ1) is 9.81. The number of rotatable bonds is 4. The fourth-order valence-electron chi connectivity index (χ4n) is 1.64. The Bertz CT molecular complexity index is 784. The van der Waals surface area contributed by atoms with Crippen molar-refractivity contribution in [3.63, 3.8) is 0 Å². The van der Waals surface area contributed by atoms with Crippen LogP contribution in [0.5, 0.6) is 5.75 Å². The smallest absolute Gasteiger partial charge is 0.275 e. The molecule has 2 aromatic rings. The van der Waals surface area contributed by atoms with Crippen molar-refractivity contribution in [2.24, 2.45) is 5.14 Å². The number of primary sulfonamides is 1. The molecule has 0 spiro atoms. The van der Waals surface area contributed by atoms with Crippen LogP contribution in [0.2, 0.25) is 0 Å². The number of benzene rings is 1. The van der Waals surface area contributed by atoms with E-state index in [1.165, 1.54) is 36.6 Å². The zero-order chi connectivity index (χ0) is 15.6. The first-order valence-electron chi connectivity index (χ1n) is 5.75. The number of carbonyl (C=O) groups is 1. The van der Waals surface area contributed by atoms with Crippen molar-refractivity contribution in [3.05, 3.63) is 34.3 Å². The van der Waals surface area contributed by atoms with Crippen LogP contribution < -0.4 is 15.2 Å². The molecule has 112 valence electrons. The van der Waals surface area contributed by atoms with Crippen molar-refractivity contribution < 1.29 is 17.9 Å². The number of anilines is 1. The van der Waals surface area contributed by atoms with E-state index >= 15 is 0 Å². The number of ether oxygens (including phenoxy) is 1. The molecule has 0 aliphatic heterocycles. The van der Waals surface area contributed by atoms with Gasteiger partial charge >= 0.3 is 0 Å². The van der Waals surface area contributed by atoms with Crippen molar-refractivity contribution in [2.45, 2.75) is 11.8 Å². The second-order valence-corrected chi connectivity index (χ2v) is 6.71. The van der Waals surface area contributed by atoms with Gasteiger partial charge in [0.15, 0.2) is 0 Å². The Hall–Kier alpha value is -1.97. The average molecular weight is 327 g/mol. The Balaban J connectivity index is 2.28. The van der Waals surface area contributed by atoms with Crippen LogP contribution in [0.15, 0.2) is 28.5 Å². The van der Waals surface area contributed by atoms with Gasteiger partial charge in [0.25, 0.3) is 5.91 Å². The topological polar surface area (TPSA) is 111 Å². The maximum atomic E-state index is 12.0. The highest BCUT2D eigenvalue weighted by Gasteiger charge is 2.16. The number of thiazole rings is 1. The summed E-state index contributed by atoms with van der Waals surface area (Å²) in [4.78, 5) is 15.9. The van der Waals surface area contributed by atoms with Crippen molar-refractivity contribution in [2.75, 3.05) is 12.4 Å². The predicted molar refractivity (Wildman–Crippen MR) is 79.2 cm³/mol. The molecule has 0 unspecified atom stereocenters. The highest BCUT2D eigenvalue weighted by molar-refractivity contribution is 7.89. The number of sulfonamides is 1. The molecule has 0 radical (unpaired) electrons. The Kier molecular flexibility index (Phi) is 4.26. The van der Waals surface area contributed by atoms with E-state index in [4.69, 9.17) is 9.88 Å². The molecule has 0 saturated heterocycles. The number of aryl methyl sites for hydroxylation is 1. The van der Waals surface area contributed by atoms with Gasteiger partial charge in [0.2, 0.25) is 10.0 Å². The normalized spacial score (nSPS) is 11.2. The van der Waals surface area contributed by atoms with E-state index in [1.54, 1.807) is 12.3 Å². The SMILES string of the molecule is COc1cc(NC(=O)c2csc(C)n2)ccc1S(N)(=O)=O. The number of nitrogens with one attached hydrogen (secondary N) is 1. The van der Waals surface area contributed by atoms with Gasteiger partial charge in [0.1, 0.15) is 16.3 Å². The highest BCUT2D eigenvalue weighted by Crippen LogP contribution is 2.26. The quantitative estimate of drug-likeness (QED) is 0.880. The van der Waals surface area contributed by atoms with Crippen molar-refractivity contribution in [3.8, 4) is 5.75 Å². The lowest BCUT2D eigenvalue weighted by molar-refractivity contribution is 0.102. The van der Waals surface area contributed by atoms with Crippen LogP contribution in [0.3, 0.4) is 0 Å². The molecule has 1 aromatic heterocycles. The molecule has 0 bridgehead atoms. The van der Waals surface area contributed by atoms with Gasteiger partial charge in [-0.2, -0.15) is 0 Å². The van der Waals surface area contributed by atoms with E-state index in [0.29, 0.717) is 11.4 Å². The fraction of sp³-hybridized carbons (Fsp3) is 0.167. The molecule has 1 aromatic carbocycles. The number of aromatic nitrogens is 1. The van der Waals surface area contributed by atoms with Gasteiger partial charge in [-0.25, -0.2) is 18.5 Å². The number of amides is 1. The summed E-state index contributed by atoms with van der Waals surface area (Å²) in [5, 5.41) is 10.1. The number of hydrogen-bond acceptors (Lipinski definition) is 6. The second kappa shape index (κ2) is 5.80. The predicted octanol–water partition coefficient (Wildman–Crippen LogP) is 1.36. The van der Waals surface area contributed by atoms with Gasteiger partial charge in [-0.15, -0.1) is 11.3 Å². The van der Waals surface area contributed by atoms with Crippen LogP contribution in [0.25, 0.3) is 0 Å². The lowest BCUT2D eigenvalue weighted by atomic mass is 10.3. The molecule has 2 rings (SSSR count). The lowest BCUT2D eigenvalue weighted by Gasteiger charge is -2.09. The maximum Gasteiger partial charge on any atom is 0.275 e. The molecule has 1 amide bonds. The number of nitrogens with two attached hydrogens (primary N) is 1. The molecule has 0 fully saturated rings. The fourth-order valence-corrected chi connectivity index (χ4v) is 2.92. The summed E-state index contributed by atoms with van der Waals surface area (Å²) >= 11 is 1.36. The minimum atomic E-state index is -3.89. The zero-order valence-corrected chi connectivity index (χ0v) is 12.9. The zero-order valence-electron chi connectivity index (χ0n) is 11.3. The first-order valence-corrected chi connectivity index (χ1v) is 8.18. The third-order valence-electron chi connectivity index (χ3n) is 2.58. The number of hydrogen-bond donors (Lipinski definition) is 2. The van der Waals surface area contributed by atoms with Crippen molar-refractivity contribution >= 4 is 33.0 Å². The van der Waals surface area contributed by atoms with E-state index in [9.17, 15) is 13.2 Å². The van der Waals surface area contributed by atoms with Crippen LogP contribution in [-0.4, -0.2) is 26.4 Å². The number of carbonyl (C=O) groups excluding carboxylic acids is 1. The summed E-state index contributed by atoms with van der Waals surface area (Å²) < 4.78 is 27.7. The number of nitrogens with zero attached hydrogens (tertiary/aromatic N) is 1. The molecule has 1 heterocycles. The molecule has 7 nitrogen and oxygen atoms in total. The molecule has 3 N–H and O–H groups in total. The maximum absolute atomic E-state index is 12.0. The van der Waals surface area contributed by atoms with Crippen LogP contribution >= 0.6 is 11.3 Å². The van der Waals surface area contributed by atoms with E-state index in [1.807, 2.05) is 0 Å². The highest BCUT2D eigenvalue weighted by atomic mass is 32.2. The third kappa shape index (κ3) is 3.57. The molecule has 0 aliphatic rings. The standard InChI is InChI=1S/C12H13N3O4S2/c1-7-14-9(6-20-7)12(16)15-8-3-4-11(21(13,17)18)10(5-8)19-2/h3-6H,1-2H3,(H,15,16)(H2,13,17,18). The summed E-state index contributed by atoms with van der Waals surface area (Å²) in [5.74, 6) is -0.325. The van der Waals surface area contributed by atoms with Gasteiger partial charge in [-0.3, -0.25) is 4.79 Å². The molecule has 0 saturated carbocycles. The Morgan fingerprint density at radius 3 is 2.67 bits per heavy atom. The summed E-state index contributed by atoms with van der Waals surface area (Å²) in [6, 6.07) is 4.09. The Morgan fingerprint density at radius 2 is 2.14 bits per heavy atom. The molecule has 0 atom stereocenters. The molecular formula is C12H13N3O4S2. The van der Waals surface area contributed by atoms with E-state index in [2.05, 4.69) is 10.3 Å². The summed E-state index contributed by atoms with van der Waals surface area (Å²) in [6.07, 6.45) is 0. The van der Waals surface area contributed by atoms with Crippen LogP contribution in [0, 0.1) is 6.92 Å². The summed E-state index contributed by atoms with van der Waals surface area (Å²) in [5.41, 5.74) is 0.682. The van der Waals surface area contributed by atoms with E-state index in [0.717, 1.165) is 5.01 Å². The van der Waals surface area contributed by atoms with Gasteiger partial charge in [-0.05, 0) is 19.1 Å². The molecule has 0 aliphatic carbocycles. The van der Waals surface area contributed by atoms with Gasteiger partial charge in [0, 0.05) is 17.1 Å². The van der Waals surface area contributed by atoms with Crippen molar-refractivity contribution in [1.82, 2.24) is 4.98 Å². The van der Waals surface area contributed by atoms with Gasteiger partial charge in [-0.1, -0.05) is 0 Å². The van der Waals surface area contributed by atoms with Crippen LogP contribution in [0.4, 0.5) is 5.69 Å². The van der Waals surface area contributed by atoms with Gasteiger partial charge in [0.05, 0.1) is 12.1 Å². The molecular weight excluding hydrogens is 314 g/mol. The largest absolute Gasteiger partial charge is 0.495 e. The first kappa shape index (κ1) is 15.4. The monoisotopic (exact) mass is 327 g/mol. The second-order valence-electron chi connectivity index (χ2n) is 4.12. The van der Waals surface area contributed by atoms with Gasteiger partial charge < -0.3 is 10.1 Å². The Morgan fingerprint density at radius 1 is 1.43 bits per heavy atom. The van der Waals surface area contributed by atoms with E-state index in [-0.39, 0.29) is 16.6 Å². The minimum Gasteiger partial charge on any atom is -0.495 e. The van der Waals surface area contributed by atoms with Crippen LogP contribution in [0.1, 0.15) is 15.5 Å². The number of methoxy groups -OCH3 is 1. The Labute approximate surface area is 125 Å². The van der Waals surface area contributed by atoms with Crippen LogP contribution in [-0.2, 0) is 10.0 Å².